The van der Waals surface area contributed by atoms with Gasteiger partial charge in [-0.15, -0.1) is 0 Å². The normalized spacial score (nSPS) is 10.8. The van der Waals surface area contributed by atoms with Crippen LogP contribution in [0.1, 0.15) is 11.1 Å². The quantitative estimate of drug-likeness (QED) is 0.158. The summed E-state index contributed by atoms with van der Waals surface area (Å²) in [6.45, 7) is 0.274. The van der Waals surface area contributed by atoms with Crippen LogP contribution in [0.25, 0.3) is 6.08 Å². The van der Waals surface area contributed by atoms with E-state index < -0.39 is 10.8 Å². The number of nitrogens with zero attached hydrogens (tertiary/aromatic N) is 2. The maximum absolute atomic E-state index is 12.6. The molecule has 0 saturated heterocycles. The number of methoxy groups -OCH3 is 1. The first-order valence-electron chi connectivity index (χ1n) is 9.73. The molecule has 3 rings (SSSR count). The van der Waals surface area contributed by atoms with Crippen LogP contribution in [-0.4, -0.2) is 17.9 Å². The van der Waals surface area contributed by atoms with E-state index in [4.69, 9.17) is 21.1 Å². The van der Waals surface area contributed by atoms with E-state index in [9.17, 15) is 20.2 Å². The molecule has 3 aromatic carbocycles. The number of nitriles is 1. The number of anilines is 1. The Morgan fingerprint density at radius 2 is 1.97 bits per heavy atom. The maximum atomic E-state index is 12.6. The SMILES string of the molecule is COc1cc(/C=C(/C#N)C(=O)Nc2cccc([N+](=O)[O-])c2)cc(Br)c1OCc1ccc(Cl)cc1. The molecule has 0 unspecified atom stereocenters. The van der Waals surface area contributed by atoms with E-state index in [1.807, 2.05) is 18.2 Å². The van der Waals surface area contributed by atoms with Gasteiger partial charge in [-0.25, -0.2) is 0 Å². The van der Waals surface area contributed by atoms with Crippen molar-refractivity contribution in [2.75, 3.05) is 12.4 Å². The third-order valence-corrected chi connectivity index (χ3v) is 5.38. The molecule has 0 aliphatic heterocycles. The molecule has 3 aromatic rings. The Hall–Kier alpha value is -3.87. The fourth-order valence-electron chi connectivity index (χ4n) is 2.91. The molecule has 0 aliphatic carbocycles. The lowest BCUT2D eigenvalue weighted by molar-refractivity contribution is -0.384. The zero-order chi connectivity index (χ0) is 24.7. The fraction of sp³-hybridized carbons (Fsp3) is 0.0833. The highest BCUT2D eigenvalue weighted by molar-refractivity contribution is 9.10. The molecule has 10 heteroatoms. The summed E-state index contributed by atoms with van der Waals surface area (Å²) < 4.78 is 11.9. The van der Waals surface area contributed by atoms with Crippen molar-refractivity contribution in [3.05, 3.63) is 97.0 Å². The van der Waals surface area contributed by atoms with Gasteiger partial charge in [-0.2, -0.15) is 5.26 Å². The van der Waals surface area contributed by atoms with Crippen LogP contribution in [0.5, 0.6) is 11.5 Å². The molecule has 34 heavy (non-hydrogen) atoms. The number of halogens is 2. The monoisotopic (exact) mass is 541 g/mol. The minimum Gasteiger partial charge on any atom is -0.493 e. The number of carbonyl (C=O) groups excluding carboxylic acids is 1. The molecule has 1 N–H and O–H groups in total. The number of non-ortho nitro benzene ring substituents is 1. The van der Waals surface area contributed by atoms with Gasteiger partial charge in [0.1, 0.15) is 18.2 Å². The van der Waals surface area contributed by atoms with Gasteiger partial charge >= 0.3 is 0 Å². The number of ether oxygens (including phenoxy) is 2. The standard InChI is InChI=1S/C24H17BrClN3O5/c1-33-22-11-16(10-21(25)23(22)34-14-15-5-7-18(26)8-6-15)9-17(13-27)24(30)28-19-3-2-4-20(12-19)29(31)32/h2-12H,14H2,1H3,(H,28,30)/b17-9-. The van der Waals surface area contributed by atoms with Gasteiger partial charge in [0.15, 0.2) is 11.5 Å². The molecule has 0 bridgehead atoms. The summed E-state index contributed by atoms with van der Waals surface area (Å²) in [4.78, 5) is 22.9. The first-order chi connectivity index (χ1) is 16.3. The second kappa shape index (κ2) is 11.3. The van der Waals surface area contributed by atoms with E-state index in [1.165, 1.54) is 37.5 Å². The summed E-state index contributed by atoms with van der Waals surface area (Å²) in [5.41, 5.74) is 1.24. The molecule has 0 radical (unpaired) electrons. The summed E-state index contributed by atoms with van der Waals surface area (Å²) in [5, 5.41) is 23.5. The third-order valence-electron chi connectivity index (χ3n) is 4.54. The minimum atomic E-state index is -0.707. The number of hydrogen-bond acceptors (Lipinski definition) is 6. The van der Waals surface area contributed by atoms with E-state index in [-0.39, 0.29) is 23.6 Å². The average Bonchev–Trinajstić information content (AvgIpc) is 2.82. The van der Waals surface area contributed by atoms with E-state index >= 15 is 0 Å². The summed E-state index contributed by atoms with van der Waals surface area (Å²) in [6, 6.07) is 17.8. The van der Waals surface area contributed by atoms with Crippen molar-refractivity contribution in [1.29, 1.82) is 5.26 Å². The lowest BCUT2D eigenvalue weighted by atomic mass is 10.1. The van der Waals surface area contributed by atoms with Crippen molar-refractivity contribution < 1.29 is 19.2 Å². The smallest absolute Gasteiger partial charge is 0.271 e. The fourth-order valence-corrected chi connectivity index (χ4v) is 3.61. The van der Waals surface area contributed by atoms with Gasteiger partial charge in [0, 0.05) is 22.8 Å². The van der Waals surface area contributed by atoms with E-state index in [2.05, 4.69) is 21.2 Å². The van der Waals surface area contributed by atoms with Crippen LogP contribution >= 0.6 is 27.5 Å². The highest BCUT2D eigenvalue weighted by atomic mass is 79.9. The van der Waals surface area contributed by atoms with Crippen LogP contribution in [0.4, 0.5) is 11.4 Å². The van der Waals surface area contributed by atoms with Gasteiger partial charge in [0.2, 0.25) is 0 Å². The first kappa shape index (κ1) is 24.8. The Balaban J connectivity index is 1.81. The van der Waals surface area contributed by atoms with Crippen LogP contribution in [0, 0.1) is 21.4 Å². The van der Waals surface area contributed by atoms with Crippen molar-refractivity contribution >= 4 is 50.9 Å². The van der Waals surface area contributed by atoms with E-state index in [1.54, 1.807) is 24.3 Å². The van der Waals surface area contributed by atoms with Crippen LogP contribution in [0.2, 0.25) is 5.02 Å². The summed E-state index contributed by atoms with van der Waals surface area (Å²) in [7, 11) is 1.48. The average molecular weight is 543 g/mol. The van der Waals surface area contributed by atoms with Gasteiger partial charge in [0.05, 0.1) is 16.5 Å². The number of amides is 1. The lowest BCUT2D eigenvalue weighted by Gasteiger charge is -2.14. The van der Waals surface area contributed by atoms with Gasteiger partial charge in [-0.3, -0.25) is 14.9 Å². The van der Waals surface area contributed by atoms with Gasteiger partial charge < -0.3 is 14.8 Å². The Morgan fingerprint density at radius 3 is 2.62 bits per heavy atom. The van der Waals surface area contributed by atoms with Crippen LogP contribution in [0.15, 0.2) is 70.7 Å². The number of nitro benzene ring substituents is 1. The van der Waals surface area contributed by atoms with Crippen molar-refractivity contribution in [3.8, 4) is 17.6 Å². The Labute approximate surface area is 208 Å². The largest absolute Gasteiger partial charge is 0.493 e. The van der Waals surface area contributed by atoms with Crippen molar-refractivity contribution in [1.82, 2.24) is 0 Å². The van der Waals surface area contributed by atoms with Crippen LogP contribution in [-0.2, 0) is 11.4 Å². The molecule has 0 saturated carbocycles. The maximum Gasteiger partial charge on any atom is 0.271 e. The number of nitrogens with one attached hydrogen (secondary N) is 1. The van der Waals surface area contributed by atoms with Crippen molar-refractivity contribution in [2.45, 2.75) is 6.61 Å². The molecular formula is C24H17BrClN3O5. The zero-order valence-electron chi connectivity index (χ0n) is 17.7. The number of benzene rings is 3. The predicted molar refractivity (Wildman–Crippen MR) is 132 cm³/mol. The highest BCUT2D eigenvalue weighted by Crippen LogP contribution is 2.38. The van der Waals surface area contributed by atoms with Gasteiger partial charge in [-0.05, 0) is 63.5 Å². The van der Waals surface area contributed by atoms with E-state index in [0.29, 0.717) is 26.6 Å². The van der Waals surface area contributed by atoms with Gasteiger partial charge in [0.25, 0.3) is 11.6 Å². The Bertz CT molecular complexity index is 1300. The summed E-state index contributed by atoms with van der Waals surface area (Å²) >= 11 is 9.35. The molecule has 8 nitrogen and oxygen atoms in total. The second-order valence-corrected chi connectivity index (χ2v) is 8.17. The first-order valence-corrected chi connectivity index (χ1v) is 10.9. The molecule has 172 valence electrons. The number of nitro groups is 1. The predicted octanol–water partition coefficient (Wildman–Crippen LogP) is 6.14. The molecule has 0 spiro atoms. The van der Waals surface area contributed by atoms with Crippen molar-refractivity contribution in [2.24, 2.45) is 0 Å². The highest BCUT2D eigenvalue weighted by Gasteiger charge is 2.15. The molecule has 0 fully saturated rings. The minimum absolute atomic E-state index is 0.178. The van der Waals surface area contributed by atoms with Gasteiger partial charge in [-0.1, -0.05) is 29.8 Å². The summed E-state index contributed by atoms with van der Waals surface area (Å²) in [6.07, 6.45) is 1.38. The molecule has 0 heterocycles. The molecule has 0 aliphatic rings. The zero-order valence-corrected chi connectivity index (χ0v) is 20.1. The Morgan fingerprint density at radius 1 is 1.24 bits per heavy atom. The number of carbonyl (C=O) groups is 1. The van der Waals surface area contributed by atoms with Crippen LogP contribution in [0.3, 0.4) is 0 Å². The molecule has 0 aromatic heterocycles. The topological polar surface area (TPSA) is 114 Å². The molecule has 0 atom stereocenters. The summed E-state index contributed by atoms with van der Waals surface area (Å²) in [5.74, 6) is 0.140. The van der Waals surface area contributed by atoms with E-state index in [0.717, 1.165) is 5.56 Å². The third kappa shape index (κ3) is 6.34. The van der Waals surface area contributed by atoms with Crippen LogP contribution < -0.4 is 14.8 Å². The second-order valence-electron chi connectivity index (χ2n) is 6.88. The van der Waals surface area contributed by atoms with Crippen molar-refractivity contribution in [3.63, 3.8) is 0 Å². The number of rotatable bonds is 8. The number of hydrogen-bond donors (Lipinski definition) is 1. The lowest BCUT2D eigenvalue weighted by Crippen LogP contribution is -2.13. The molecule has 1 amide bonds. The molecular weight excluding hydrogens is 526 g/mol. The Kier molecular flexibility index (Phi) is 8.24.